The van der Waals surface area contributed by atoms with Crippen molar-refractivity contribution in [2.24, 2.45) is 17.8 Å². The Labute approximate surface area is 140 Å². The third-order valence-electron chi connectivity index (χ3n) is 5.35. The van der Waals surface area contributed by atoms with E-state index >= 15 is 0 Å². The Morgan fingerprint density at radius 3 is 2.79 bits per heavy atom. The van der Waals surface area contributed by atoms with Gasteiger partial charge in [-0.3, -0.25) is 14.4 Å². The molecule has 1 amide bonds. The molecule has 0 N–H and O–H groups in total. The predicted octanol–water partition coefficient (Wildman–Crippen LogP) is 2.10. The first-order valence-electron chi connectivity index (χ1n) is 8.44. The number of carbonyl (C=O) groups excluding carboxylic acids is 2. The molecule has 4 rings (SSSR count). The molecule has 6 heteroatoms. The molecule has 6 nitrogen and oxygen atoms in total. The summed E-state index contributed by atoms with van der Waals surface area (Å²) >= 11 is 0. The summed E-state index contributed by atoms with van der Waals surface area (Å²) in [7, 11) is 1.39. The summed E-state index contributed by atoms with van der Waals surface area (Å²) in [6.07, 6.45) is 1.94. The zero-order valence-electron chi connectivity index (χ0n) is 13.6. The zero-order valence-corrected chi connectivity index (χ0v) is 13.6. The second-order valence-corrected chi connectivity index (χ2v) is 6.74. The Hall–Kier alpha value is -2.08. The van der Waals surface area contributed by atoms with Crippen molar-refractivity contribution in [2.45, 2.75) is 25.3 Å². The molecule has 2 fully saturated rings. The van der Waals surface area contributed by atoms with Crippen LogP contribution in [0.2, 0.25) is 0 Å². The molecule has 0 bridgehead atoms. The number of esters is 1. The van der Waals surface area contributed by atoms with Crippen molar-refractivity contribution < 1.29 is 23.9 Å². The number of methoxy groups -OCH3 is 1. The SMILES string of the molecule is COC(=O)[C@H]1CC[C@@H](C(=O)N2OC[C@H]3COc4ccccc4[C@H]32)C1. The minimum Gasteiger partial charge on any atom is -0.493 e. The molecule has 1 saturated carbocycles. The highest BCUT2D eigenvalue weighted by Crippen LogP contribution is 2.45. The molecule has 1 saturated heterocycles. The Morgan fingerprint density at radius 1 is 1.17 bits per heavy atom. The third kappa shape index (κ3) is 2.45. The fourth-order valence-corrected chi connectivity index (χ4v) is 4.08. The van der Waals surface area contributed by atoms with Gasteiger partial charge < -0.3 is 9.47 Å². The van der Waals surface area contributed by atoms with Crippen molar-refractivity contribution in [3.8, 4) is 5.75 Å². The maximum absolute atomic E-state index is 13.0. The largest absolute Gasteiger partial charge is 0.493 e. The minimum atomic E-state index is -0.220. The Bertz CT molecular complexity index is 661. The van der Waals surface area contributed by atoms with Gasteiger partial charge in [-0.05, 0) is 25.3 Å². The summed E-state index contributed by atoms with van der Waals surface area (Å²) in [4.78, 5) is 30.4. The molecular formula is C18H21NO5. The lowest BCUT2D eigenvalue weighted by Crippen LogP contribution is -2.37. The number of benzene rings is 1. The number of para-hydroxylation sites is 1. The highest BCUT2D eigenvalue weighted by Gasteiger charge is 2.47. The van der Waals surface area contributed by atoms with Gasteiger partial charge in [0.1, 0.15) is 5.75 Å². The van der Waals surface area contributed by atoms with Gasteiger partial charge in [-0.1, -0.05) is 18.2 Å². The Kier molecular flexibility index (Phi) is 3.92. The van der Waals surface area contributed by atoms with E-state index in [1.165, 1.54) is 12.2 Å². The van der Waals surface area contributed by atoms with Gasteiger partial charge in [-0.2, -0.15) is 0 Å². The molecule has 2 aliphatic heterocycles. The van der Waals surface area contributed by atoms with Crippen molar-refractivity contribution in [1.29, 1.82) is 0 Å². The van der Waals surface area contributed by atoms with Crippen molar-refractivity contribution in [1.82, 2.24) is 5.06 Å². The van der Waals surface area contributed by atoms with Crippen molar-refractivity contribution >= 4 is 11.9 Å². The number of nitrogens with zero attached hydrogens (tertiary/aromatic N) is 1. The average molecular weight is 331 g/mol. The predicted molar refractivity (Wildman–Crippen MR) is 83.8 cm³/mol. The molecule has 0 spiro atoms. The van der Waals surface area contributed by atoms with Crippen LogP contribution in [0.1, 0.15) is 30.9 Å². The van der Waals surface area contributed by atoms with Crippen LogP contribution in [-0.4, -0.2) is 37.3 Å². The molecule has 4 atom stereocenters. The van der Waals surface area contributed by atoms with Crippen molar-refractivity contribution in [3.05, 3.63) is 29.8 Å². The highest BCUT2D eigenvalue weighted by molar-refractivity contribution is 5.81. The molecule has 1 aliphatic carbocycles. The van der Waals surface area contributed by atoms with E-state index in [1.807, 2.05) is 24.3 Å². The molecule has 0 radical (unpaired) electrons. The summed E-state index contributed by atoms with van der Waals surface area (Å²) in [6.45, 7) is 1.04. The van der Waals surface area contributed by atoms with E-state index in [0.717, 1.165) is 11.3 Å². The molecule has 24 heavy (non-hydrogen) atoms. The summed E-state index contributed by atoms with van der Waals surface area (Å²) in [5.74, 6) is 0.377. The first-order valence-corrected chi connectivity index (χ1v) is 8.44. The summed E-state index contributed by atoms with van der Waals surface area (Å²) in [5.41, 5.74) is 1.00. The smallest absolute Gasteiger partial charge is 0.308 e. The number of hydrogen-bond donors (Lipinski definition) is 0. The average Bonchev–Trinajstić information content (AvgIpc) is 3.27. The Morgan fingerprint density at radius 2 is 1.96 bits per heavy atom. The van der Waals surface area contributed by atoms with Crippen LogP contribution in [0.5, 0.6) is 5.75 Å². The van der Waals surface area contributed by atoms with Crippen LogP contribution in [0.25, 0.3) is 0 Å². The van der Waals surface area contributed by atoms with E-state index in [2.05, 4.69) is 0 Å². The number of hydrogen-bond acceptors (Lipinski definition) is 5. The lowest BCUT2D eigenvalue weighted by atomic mass is 9.91. The number of ether oxygens (including phenoxy) is 2. The van der Waals surface area contributed by atoms with Crippen molar-refractivity contribution in [2.75, 3.05) is 20.3 Å². The monoisotopic (exact) mass is 331 g/mol. The molecule has 0 aromatic heterocycles. The standard InChI is InChI=1S/C18H21NO5/c1-22-18(21)12-7-6-11(8-12)17(20)19-16-13(10-24-19)9-23-15-5-3-2-4-14(15)16/h2-5,11-13,16H,6-10H2,1H3/t11-,12+,13-,16+/m1/s1. The molecule has 1 aromatic rings. The Balaban J connectivity index is 1.53. The van der Waals surface area contributed by atoms with Gasteiger partial charge in [-0.15, -0.1) is 0 Å². The van der Waals surface area contributed by atoms with E-state index in [-0.39, 0.29) is 35.7 Å². The lowest BCUT2D eigenvalue weighted by Gasteiger charge is -2.32. The van der Waals surface area contributed by atoms with Crippen LogP contribution in [0.15, 0.2) is 24.3 Å². The third-order valence-corrected chi connectivity index (χ3v) is 5.35. The maximum Gasteiger partial charge on any atom is 0.308 e. The number of fused-ring (bicyclic) bond motifs is 3. The first kappa shape index (κ1) is 15.4. The summed E-state index contributed by atoms with van der Waals surface area (Å²) < 4.78 is 10.6. The van der Waals surface area contributed by atoms with Gasteiger partial charge in [0.05, 0.1) is 32.3 Å². The second-order valence-electron chi connectivity index (χ2n) is 6.74. The van der Waals surface area contributed by atoms with E-state index < -0.39 is 0 Å². The lowest BCUT2D eigenvalue weighted by molar-refractivity contribution is -0.182. The second kappa shape index (κ2) is 6.09. The van der Waals surface area contributed by atoms with Crippen LogP contribution >= 0.6 is 0 Å². The topological polar surface area (TPSA) is 65.1 Å². The van der Waals surface area contributed by atoms with Crippen LogP contribution in [-0.2, 0) is 19.2 Å². The van der Waals surface area contributed by atoms with E-state index in [1.54, 1.807) is 0 Å². The van der Waals surface area contributed by atoms with Gasteiger partial charge in [0, 0.05) is 17.4 Å². The van der Waals surface area contributed by atoms with Gasteiger partial charge in [0.15, 0.2) is 0 Å². The summed E-state index contributed by atoms with van der Waals surface area (Å²) in [6, 6.07) is 7.70. The number of hydroxylamine groups is 2. The molecule has 1 aromatic carbocycles. The zero-order chi connectivity index (χ0) is 16.7. The van der Waals surface area contributed by atoms with Crippen molar-refractivity contribution in [3.63, 3.8) is 0 Å². The quantitative estimate of drug-likeness (QED) is 0.777. The normalized spacial score (nSPS) is 31.1. The van der Waals surface area contributed by atoms with E-state index in [4.69, 9.17) is 14.3 Å². The van der Waals surface area contributed by atoms with Crippen LogP contribution in [0.4, 0.5) is 0 Å². The first-order chi connectivity index (χ1) is 11.7. The molecule has 0 unspecified atom stereocenters. The summed E-state index contributed by atoms with van der Waals surface area (Å²) in [5, 5.41) is 1.54. The van der Waals surface area contributed by atoms with Gasteiger partial charge >= 0.3 is 5.97 Å². The van der Waals surface area contributed by atoms with E-state index in [0.29, 0.717) is 32.5 Å². The minimum absolute atomic E-state index is 0.0226. The molecule has 3 aliphatic rings. The van der Waals surface area contributed by atoms with Crippen LogP contribution in [0, 0.1) is 17.8 Å². The molecular weight excluding hydrogens is 310 g/mol. The molecule has 2 heterocycles. The maximum atomic E-state index is 13.0. The van der Waals surface area contributed by atoms with E-state index in [9.17, 15) is 9.59 Å². The fraction of sp³-hybridized carbons (Fsp3) is 0.556. The van der Waals surface area contributed by atoms with Gasteiger partial charge in [0.2, 0.25) is 5.91 Å². The molecule has 128 valence electrons. The number of amides is 1. The van der Waals surface area contributed by atoms with Crippen LogP contribution < -0.4 is 4.74 Å². The highest BCUT2D eigenvalue weighted by atomic mass is 16.7. The van der Waals surface area contributed by atoms with Gasteiger partial charge in [-0.25, -0.2) is 5.06 Å². The van der Waals surface area contributed by atoms with Gasteiger partial charge in [0.25, 0.3) is 0 Å². The fourth-order valence-electron chi connectivity index (χ4n) is 4.08. The number of carbonyl (C=O) groups is 2. The van der Waals surface area contributed by atoms with Crippen LogP contribution in [0.3, 0.4) is 0 Å². The number of rotatable bonds is 2.